The quantitative estimate of drug-likeness (QED) is 0.0456. The fraction of sp³-hybridized carbons (Fsp3) is 0.623. The SMILES string of the molecule is C=C(C)[C@@H]1CCC(C)=C[C@H]1c1c(O)cc(CCC)cc1O.C=C(C)[C@@H]1CCC(C)=C[C@H]1c1c(OC)cc(CCC)cc1OC.CCCCCCCCCCCC[S-].CN=P.[Na+]. The van der Waals surface area contributed by atoms with Crippen LogP contribution in [-0.2, 0) is 25.5 Å². The number of rotatable bonds is 20. The van der Waals surface area contributed by atoms with Crippen molar-refractivity contribution in [3.63, 3.8) is 0 Å². The van der Waals surface area contributed by atoms with Crippen LogP contribution in [0.1, 0.15) is 185 Å². The van der Waals surface area contributed by atoms with Crippen molar-refractivity contribution in [2.24, 2.45) is 16.6 Å². The second kappa shape index (κ2) is 34.5. The monoisotopic (exact) mass is 886 g/mol. The molecule has 338 valence electrons. The average Bonchev–Trinajstić information content (AvgIpc) is 3.20. The Kier molecular flexibility index (Phi) is 33.4. The van der Waals surface area contributed by atoms with Gasteiger partial charge in [0.1, 0.15) is 23.0 Å². The van der Waals surface area contributed by atoms with Gasteiger partial charge in [0.25, 0.3) is 0 Å². The van der Waals surface area contributed by atoms with Crippen LogP contribution < -0.4 is 39.0 Å². The first kappa shape index (κ1) is 59.0. The number of nitrogens with zero attached hydrogens (tertiary/aromatic N) is 1. The Hall–Kier alpha value is -1.95. The molecule has 4 rings (SSSR count). The predicted octanol–water partition coefficient (Wildman–Crippen LogP) is 13.1. The first-order valence-corrected chi connectivity index (χ1v) is 24.1. The second-order valence-corrected chi connectivity index (χ2v) is 18.0. The molecule has 5 nitrogen and oxygen atoms in total. The predicted molar refractivity (Wildman–Crippen MR) is 266 cm³/mol. The summed E-state index contributed by atoms with van der Waals surface area (Å²) in [6.07, 6.45) is 27.0. The second-order valence-electron chi connectivity index (χ2n) is 17.1. The molecule has 2 aromatic carbocycles. The Bertz CT molecular complexity index is 1580. The number of hydrogen-bond acceptors (Lipinski definition) is 6. The van der Waals surface area contributed by atoms with E-state index in [9.17, 15) is 10.2 Å². The van der Waals surface area contributed by atoms with Gasteiger partial charge in [0.2, 0.25) is 0 Å². The van der Waals surface area contributed by atoms with Crippen LogP contribution in [0.5, 0.6) is 23.0 Å². The van der Waals surface area contributed by atoms with Crippen molar-refractivity contribution in [3.05, 3.63) is 94.1 Å². The molecule has 0 radical (unpaired) electrons. The summed E-state index contributed by atoms with van der Waals surface area (Å²) in [6, 6.07) is 7.95. The molecule has 4 atom stereocenters. The standard InChI is InChI=1S/C21H30O2.C19H26O2.C12H26S.CH4NP.Na/c1-7-8-16-12-19(22-5)21(20(13-16)23-6)18-11-15(4)9-10-17(18)14(2)3;1-5-6-14-10-17(20)19(18(21)11-14)16-9-13(4)7-8-15(16)12(2)3;1-2-3-4-5-6-7-8-9-10-11-12-13;1-2-3;/h11-13,17-18H,2,7-10H2,1,3-6H3;9-11,15-16,20-21H,2,5-8H2,1,3-4H3;13H,2-12H2,1H3;3H,1H3;/q;;;;+1/p-1/t17-,18+;15-,16+;;;/m00.../s1. The fourth-order valence-electron chi connectivity index (χ4n) is 8.61. The zero-order chi connectivity index (χ0) is 45.0. The molecule has 2 aliphatic carbocycles. The Morgan fingerprint density at radius 1 is 0.672 bits per heavy atom. The van der Waals surface area contributed by atoms with Gasteiger partial charge in [0.15, 0.2) is 0 Å². The topological polar surface area (TPSA) is 71.3 Å². The van der Waals surface area contributed by atoms with Gasteiger partial charge in [-0.1, -0.05) is 145 Å². The van der Waals surface area contributed by atoms with Crippen LogP contribution in [-0.4, -0.2) is 37.2 Å². The molecule has 2 aromatic rings. The summed E-state index contributed by atoms with van der Waals surface area (Å²) < 4.78 is 14.8. The van der Waals surface area contributed by atoms with E-state index in [1.807, 2.05) is 6.92 Å². The third kappa shape index (κ3) is 21.5. The number of methoxy groups -OCH3 is 2. The van der Waals surface area contributed by atoms with E-state index in [4.69, 9.17) is 22.1 Å². The Labute approximate surface area is 404 Å². The zero-order valence-corrected chi connectivity index (χ0v) is 44.5. The summed E-state index contributed by atoms with van der Waals surface area (Å²) in [5.41, 5.74) is 9.18. The summed E-state index contributed by atoms with van der Waals surface area (Å²) in [6.45, 7) is 23.4. The minimum atomic E-state index is 0. The van der Waals surface area contributed by atoms with Crippen LogP contribution in [0.15, 0.2) is 76.6 Å². The van der Waals surface area contributed by atoms with Gasteiger partial charge < -0.3 is 32.3 Å². The minimum absolute atomic E-state index is 0. The number of benzene rings is 2. The van der Waals surface area contributed by atoms with E-state index in [-0.39, 0.29) is 58.8 Å². The first-order valence-electron chi connectivity index (χ1n) is 23.1. The van der Waals surface area contributed by atoms with Crippen molar-refractivity contribution in [1.29, 1.82) is 0 Å². The molecular formula is C53H85NNaO4PS. The summed E-state index contributed by atoms with van der Waals surface area (Å²) in [4.78, 5) is 0. The molecule has 0 fully saturated rings. The molecule has 0 saturated heterocycles. The molecule has 0 bridgehead atoms. The largest absolute Gasteiger partial charge is 1.00 e. The van der Waals surface area contributed by atoms with E-state index in [1.54, 1.807) is 33.4 Å². The van der Waals surface area contributed by atoms with Crippen LogP contribution >= 0.6 is 9.03 Å². The zero-order valence-electron chi connectivity index (χ0n) is 40.7. The molecule has 0 saturated carbocycles. The number of phenolic OH excluding ortho intramolecular Hbond substituents is 2. The van der Waals surface area contributed by atoms with Gasteiger partial charge in [-0.3, -0.25) is 4.74 Å². The van der Waals surface area contributed by atoms with Crippen LogP contribution in [0.2, 0.25) is 0 Å². The molecule has 0 unspecified atom stereocenters. The van der Waals surface area contributed by atoms with Crippen molar-refractivity contribution >= 4 is 21.7 Å². The number of hydrogen-bond donors (Lipinski definition) is 2. The number of ether oxygens (including phenoxy) is 2. The van der Waals surface area contributed by atoms with Crippen LogP contribution in [0.25, 0.3) is 0 Å². The molecule has 0 aromatic heterocycles. The van der Waals surface area contributed by atoms with Gasteiger partial charge in [-0.2, -0.15) is 5.75 Å². The number of unbranched alkanes of at least 4 members (excludes halogenated alkanes) is 9. The molecule has 2 aliphatic rings. The van der Waals surface area contributed by atoms with Gasteiger partial charge in [0.05, 0.1) is 14.2 Å². The number of allylic oxidation sites excluding steroid dienone is 6. The smallest absolute Gasteiger partial charge is 0.793 e. The van der Waals surface area contributed by atoms with Gasteiger partial charge in [-0.25, -0.2) is 0 Å². The molecule has 0 aliphatic heterocycles. The van der Waals surface area contributed by atoms with Crippen molar-refractivity contribution in [1.82, 2.24) is 0 Å². The Balaban J connectivity index is 0.000000880. The van der Waals surface area contributed by atoms with Gasteiger partial charge >= 0.3 is 29.6 Å². The molecule has 8 heteroatoms. The third-order valence-electron chi connectivity index (χ3n) is 11.8. The molecule has 0 spiro atoms. The van der Waals surface area contributed by atoms with Crippen molar-refractivity contribution < 1.29 is 49.2 Å². The maximum absolute atomic E-state index is 10.4. The normalized spacial score (nSPS) is 17.9. The Morgan fingerprint density at radius 3 is 1.38 bits per heavy atom. The molecular weight excluding hydrogens is 801 g/mol. The summed E-state index contributed by atoms with van der Waals surface area (Å²) in [5, 5.41) is 20.8. The van der Waals surface area contributed by atoms with E-state index in [0.29, 0.717) is 11.5 Å². The Morgan fingerprint density at radius 2 is 1.03 bits per heavy atom. The van der Waals surface area contributed by atoms with Gasteiger partial charge in [-0.15, -0.1) is 0 Å². The van der Waals surface area contributed by atoms with E-state index < -0.39 is 0 Å². The van der Waals surface area contributed by atoms with Crippen molar-refractivity contribution in [3.8, 4) is 23.0 Å². The summed E-state index contributed by atoms with van der Waals surface area (Å²) in [7, 11) is 7.98. The van der Waals surface area contributed by atoms with Crippen LogP contribution in [0.3, 0.4) is 0 Å². The molecule has 2 N–H and O–H groups in total. The van der Waals surface area contributed by atoms with Crippen molar-refractivity contribution in [2.45, 2.75) is 176 Å². The molecule has 0 amide bonds. The number of aryl methyl sites for hydroxylation is 2. The maximum Gasteiger partial charge on any atom is 1.00 e. The molecule has 0 heterocycles. The van der Waals surface area contributed by atoms with E-state index in [0.717, 1.165) is 79.8 Å². The first-order chi connectivity index (χ1) is 28.8. The van der Waals surface area contributed by atoms with Crippen molar-refractivity contribution in [2.75, 3.05) is 27.0 Å². The van der Waals surface area contributed by atoms with E-state index in [1.165, 1.54) is 92.1 Å². The maximum atomic E-state index is 10.4. The summed E-state index contributed by atoms with van der Waals surface area (Å²) in [5.74, 6) is 4.28. The summed E-state index contributed by atoms with van der Waals surface area (Å²) >= 11 is 4.90. The minimum Gasteiger partial charge on any atom is -0.793 e. The van der Waals surface area contributed by atoms with Crippen LogP contribution in [0.4, 0.5) is 0 Å². The fourth-order valence-corrected chi connectivity index (χ4v) is 8.81. The van der Waals surface area contributed by atoms with E-state index >= 15 is 0 Å². The third-order valence-corrected chi connectivity index (χ3v) is 12.1. The average molecular weight is 886 g/mol. The van der Waals surface area contributed by atoms with Crippen LogP contribution in [0, 0.1) is 11.8 Å². The number of phenols is 2. The van der Waals surface area contributed by atoms with E-state index in [2.05, 4.69) is 92.8 Å². The van der Waals surface area contributed by atoms with Gasteiger partial charge in [0, 0.05) is 30.0 Å². The number of aromatic hydroxyl groups is 2. The molecule has 61 heavy (non-hydrogen) atoms. The van der Waals surface area contributed by atoms with Gasteiger partial charge in [-0.05, 0) is 122 Å².